The van der Waals surface area contributed by atoms with Crippen LogP contribution >= 0.6 is 15.9 Å². The second-order valence-corrected chi connectivity index (χ2v) is 8.63. The number of aliphatic carboxylic acids is 1. The first-order chi connectivity index (χ1) is 16.1. The van der Waals surface area contributed by atoms with E-state index in [-0.39, 0.29) is 0 Å². The molecule has 0 aliphatic rings. The molecule has 1 aromatic heterocycles. The lowest BCUT2D eigenvalue weighted by Gasteiger charge is -2.14. The van der Waals surface area contributed by atoms with E-state index >= 15 is 0 Å². The maximum atomic E-state index is 11.8. The van der Waals surface area contributed by atoms with Gasteiger partial charge in [-0.15, -0.1) is 0 Å². The summed E-state index contributed by atoms with van der Waals surface area (Å²) < 4.78 is 12.4. The van der Waals surface area contributed by atoms with Gasteiger partial charge in [-0.1, -0.05) is 58.4 Å². The second kappa shape index (κ2) is 11.1. The van der Waals surface area contributed by atoms with Crippen molar-refractivity contribution in [2.24, 2.45) is 5.92 Å². The van der Waals surface area contributed by atoms with Crippen LogP contribution in [0, 0.1) is 5.92 Å². The standard InChI is InChI=1S/C26H25BrN2O4/c27-22-6-2-1-5-19(22)16-20(26(30)31)15-18-9-11-21(12-10-18)32-14-13-28-17-25-29-23-7-3-4-8-24(23)33-25/h1-12,20,28H,13-17H2,(H,30,31). The number of carboxylic acids is 1. The smallest absolute Gasteiger partial charge is 0.307 e. The predicted molar refractivity (Wildman–Crippen MR) is 130 cm³/mol. The molecule has 0 spiro atoms. The zero-order valence-electron chi connectivity index (χ0n) is 18.0. The number of para-hydroxylation sites is 2. The van der Waals surface area contributed by atoms with Gasteiger partial charge in [0.1, 0.15) is 17.9 Å². The van der Waals surface area contributed by atoms with E-state index in [2.05, 4.69) is 26.2 Å². The number of nitrogens with zero attached hydrogens (tertiary/aromatic N) is 1. The monoisotopic (exact) mass is 508 g/mol. The van der Waals surface area contributed by atoms with Crippen LogP contribution in [-0.2, 0) is 24.2 Å². The number of ether oxygens (including phenoxy) is 1. The number of halogens is 1. The summed E-state index contributed by atoms with van der Waals surface area (Å²) in [6.07, 6.45) is 0.934. The summed E-state index contributed by atoms with van der Waals surface area (Å²) in [6, 6.07) is 23.0. The van der Waals surface area contributed by atoms with Crippen LogP contribution in [0.1, 0.15) is 17.0 Å². The van der Waals surface area contributed by atoms with Crippen molar-refractivity contribution in [3.8, 4) is 5.75 Å². The molecule has 0 amide bonds. The third kappa shape index (κ3) is 6.43. The van der Waals surface area contributed by atoms with Gasteiger partial charge in [0, 0.05) is 11.0 Å². The number of rotatable bonds is 11. The van der Waals surface area contributed by atoms with Crippen molar-refractivity contribution in [2.45, 2.75) is 19.4 Å². The van der Waals surface area contributed by atoms with Crippen LogP contribution in [0.4, 0.5) is 0 Å². The van der Waals surface area contributed by atoms with Crippen molar-refractivity contribution in [1.82, 2.24) is 10.3 Å². The third-order valence-electron chi connectivity index (χ3n) is 5.34. The molecule has 0 saturated carbocycles. The Morgan fingerprint density at radius 3 is 2.55 bits per heavy atom. The molecule has 2 N–H and O–H groups in total. The van der Waals surface area contributed by atoms with E-state index in [0.29, 0.717) is 38.4 Å². The highest BCUT2D eigenvalue weighted by Gasteiger charge is 2.19. The molecule has 0 radical (unpaired) electrons. The first-order valence-electron chi connectivity index (χ1n) is 10.8. The minimum Gasteiger partial charge on any atom is -0.492 e. The van der Waals surface area contributed by atoms with Crippen LogP contribution < -0.4 is 10.1 Å². The lowest BCUT2D eigenvalue weighted by atomic mass is 9.92. The summed E-state index contributed by atoms with van der Waals surface area (Å²) >= 11 is 3.50. The number of hydrogen-bond donors (Lipinski definition) is 2. The summed E-state index contributed by atoms with van der Waals surface area (Å²) in [5.41, 5.74) is 3.60. The Morgan fingerprint density at radius 2 is 1.79 bits per heavy atom. The van der Waals surface area contributed by atoms with Gasteiger partial charge in [0.2, 0.25) is 5.89 Å². The van der Waals surface area contributed by atoms with Gasteiger partial charge in [-0.3, -0.25) is 4.79 Å². The minimum atomic E-state index is -0.795. The van der Waals surface area contributed by atoms with E-state index in [1.54, 1.807) is 0 Å². The zero-order chi connectivity index (χ0) is 23.0. The molecule has 1 atom stereocenters. The Morgan fingerprint density at radius 1 is 1.03 bits per heavy atom. The molecule has 1 heterocycles. The molecule has 170 valence electrons. The number of carboxylic acid groups (broad SMARTS) is 1. The van der Waals surface area contributed by atoms with Crippen LogP contribution in [-0.4, -0.2) is 29.2 Å². The Kier molecular flexibility index (Phi) is 7.75. The molecule has 3 aromatic carbocycles. The molecule has 7 heteroatoms. The van der Waals surface area contributed by atoms with Gasteiger partial charge in [-0.05, 0) is 54.3 Å². The van der Waals surface area contributed by atoms with E-state index in [9.17, 15) is 9.90 Å². The normalized spacial score (nSPS) is 12.0. The summed E-state index contributed by atoms with van der Waals surface area (Å²) in [5, 5.41) is 12.9. The summed E-state index contributed by atoms with van der Waals surface area (Å²) in [4.78, 5) is 16.2. The average molecular weight is 509 g/mol. The summed E-state index contributed by atoms with van der Waals surface area (Å²) in [5.74, 6) is 0.110. The number of nitrogens with one attached hydrogen (secondary N) is 1. The Bertz CT molecular complexity index is 1170. The van der Waals surface area contributed by atoms with Crippen molar-refractivity contribution in [2.75, 3.05) is 13.2 Å². The maximum absolute atomic E-state index is 11.8. The molecule has 4 rings (SSSR count). The molecular weight excluding hydrogens is 484 g/mol. The predicted octanol–water partition coefficient (Wildman–Crippen LogP) is 5.24. The van der Waals surface area contributed by atoms with Crippen LogP contribution in [0.2, 0.25) is 0 Å². The summed E-state index contributed by atoms with van der Waals surface area (Å²) in [6.45, 7) is 1.68. The molecule has 0 fully saturated rings. The second-order valence-electron chi connectivity index (χ2n) is 7.78. The highest BCUT2D eigenvalue weighted by Crippen LogP contribution is 2.23. The van der Waals surface area contributed by atoms with E-state index in [4.69, 9.17) is 9.15 Å². The summed E-state index contributed by atoms with van der Waals surface area (Å²) in [7, 11) is 0. The number of oxazole rings is 1. The minimum absolute atomic E-state index is 0.461. The lowest BCUT2D eigenvalue weighted by Crippen LogP contribution is -2.21. The van der Waals surface area contributed by atoms with Crippen molar-refractivity contribution < 1.29 is 19.1 Å². The number of fused-ring (bicyclic) bond motifs is 1. The number of aromatic nitrogens is 1. The highest BCUT2D eigenvalue weighted by molar-refractivity contribution is 9.10. The molecular formula is C26H25BrN2O4. The molecule has 4 aromatic rings. The fraction of sp³-hybridized carbons (Fsp3) is 0.231. The molecule has 6 nitrogen and oxygen atoms in total. The number of carbonyl (C=O) groups is 1. The fourth-order valence-corrected chi connectivity index (χ4v) is 4.06. The van der Waals surface area contributed by atoms with Crippen LogP contribution in [0.5, 0.6) is 5.75 Å². The van der Waals surface area contributed by atoms with E-state index in [0.717, 1.165) is 32.4 Å². The highest BCUT2D eigenvalue weighted by atomic mass is 79.9. The van der Waals surface area contributed by atoms with Gasteiger partial charge in [-0.25, -0.2) is 4.98 Å². The Hall–Kier alpha value is -3.16. The van der Waals surface area contributed by atoms with Gasteiger partial charge in [0.25, 0.3) is 0 Å². The maximum Gasteiger partial charge on any atom is 0.307 e. The molecule has 1 unspecified atom stereocenters. The quantitative estimate of drug-likeness (QED) is 0.269. The average Bonchev–Trinajstić information content (AvgIpc) is 3.23. The molecule has 0 saturated heterocycles. The van der Waals surface area contributed by atoms with Crippen molar-refractivity contribution in [3.63, 3.8) is 0 Å². The first-order valence-corrected chi connectivity index (χ1v) is 11.6. The van der Waals surface area contributed by atoms with Crippen LogP contribution in [0.3, 0.4) is 0 Å². The van der Waals surface area contributed by atoms with E-state index in [1.165, 1.54) is 0 Å². The van der Waals surface area contributed by atoms with E-state index in [1.807, 2.05) is 72.8 Å². The van der Waals surface area contributed by atoms with Crippen molar-refractivity contribution >= 4 is 33.0 Å². The molecule has 33 heavy (non-hydrogen) atoms. The van der Waals surface area contributed by atoms with Crippen molar-refractivity contribution in [3.05, 3.63) is 94.3 Å². The topological polar surface area (TPSA) is 84.6 Å². The van der Waals surface area contributed by atoms with Gasteiger partial charge in [0.15, 0.2) is 5.58 Å². The van der Waals surface area contributed by atoms with Crippen molar-refractivity contribution in [1.29, 1.82) is 0 Å². The first kappa shape index (κ1) is 23.0. The van der Waals surface area contributed by atoms with Gasteiger partial charge >= 0.3 is 5.97 Å². The number of benzene rings is 3. The number of hydrogen-bond acceptors (Lipinski definition) is 5. The van der Waals surface area contributed by atoms with Crippen LogP contribution in [0.25, 0.3) is 11.1 Å². The fourth-order valence-electron chi connectivity index (χ4n) is 3.61. The lowest BCUT2D eigenvalue weighted by molar-refractivity contribution is -0.141. The van der Waals surface area contributed by atoms with Gasteiger partial charge in [-0.2, -0.15) is 0 Å². The zero-order valence-corrected chi connectivity index (χ0v) is 19.6. The van der Waals surface area contributed by atoms with E-state index < -0.39 is 11.9 Å². The Balaban J connectivity index is 1.22. The molecule has 0 bridgehead atoms. The SMILES string of the molecule is O=C(O)C(Cc1ccc(OCCNCc2nc3ccccc3o2)cc1)Cc1ccccc1Br. The largest absolute Gasteiger partial charge is 0.492 e. The molecule has 0 aliphatic carbocycles. The van der Waals surface area contributed by atoms with Gasteiger partial charge < -0.3 is 19.6 Å². The van der Waals surface area contributed by atoms with Crippen LogP contribution in [0.15, 0.2) is 81.7 Å². The third-order valence-corrected chi connectivity index (χ3v) is 6.11. The molecule has 0 aliphatic heterocycles. The Labute approximate surface area is 200 Å². The van der Waals surface area contributed by atoms with Gasteiger partial charge in [0.05, 0.1) is 12.5 Å².